The monoisotopic (exact) mass is 590 g/mol. The van der Waals surface area contributed by atoms with Crippen molar-refractivity contribution in [3.05, 3.63) is 74.0 Å². The number of imide groups is 1. The molecule has 1 heterocycles. The highest BCUT2D eigenvalue weighted by Crippen LogP contribution is 2.29. The second-order valence-corrected chi connectivity index (χ2v) is 11.1. The minimum Gasteiger partial charge on any atom is -0.456 e. The van der Waals surface area contributed by atoms with Crippen LogP contribution in [-0.2, 0) is 20.7 Å². The van der Waals surface area contributed by atoms with E-state index in [-0.39, 0.29) is 29.1 Å². The van der Waals surface area contributed by atoms with Crippen molar-refractivity contribution in [3.63, 3.8) is 0 Å². The molecule has 2 aromatic carbocycles. The predicted molar refractivity (Wildman–Crippen MR) is 148 cm³/mol. The Kier molecular flexibility index (Phi) is 10.0. The first-order chi connectivity index (χ1) is 19.2. The number of halogens is 2. The summed E-state index contributed by atoms with van der Waals surface area (Å²) < 4.78 is 19.6. The van der Waals surface area contributed by atoms with E-state index in [0.717, 1.165) is 4.90 Å². The van der Waals surface area contributed by atoms with Gasteiger partial charge in [-0.3, -0.25) is 24.6 Å². The molecule has 2 N–H and O–H groups in total. The van der Waals surface area contributed by atoms with E-state index < -0.39 is 64.3 Å². The Morgan fingerprint density at radius 2 is 1.95 bits per heavy atom. The molecule has 1 saturated heterocycles. The Labute approximate surface area is 241 Å². The fraction of sp³-hybridized carbons (Fsp3) is 0.429. The van der Waals surface area contributed by atoms with E-state index in [1.807, 2.05) is 6.92 Å². The molecule has 1 fully saturated rings. The number of urea groups is 1. The van der Waals surface area contributed by atoms with Crippen molar-refractivity contribution in [3.8, 4) is 0 Å². The van der Waals surface area contributed by atoms with E-state index in [4.69, 9.17) is 16.3 Å². The van der Waals surface area contributed by atoms with Crippen LogP contribution in [0.1, 0.15) is 68.1 Å². The van der Waals surface area contributed by atoms with Gasteiger partial charge in [-0.1, -0.05) is 31.0 Å². The molecule has 1 aliphatic rings. The molecule has 4 amide bonds. The summed E-state index contributed by atoms with van der Waals surface area (Å²) in [4.78, 5) is 63.5. The minimum atomic E-state index is -0.945. The summed E-state index contributed by atoms with van der Waals surface area (Å²) in [5.41, 5.74) is -1.13. The van der Waals surface area contributed by atoms with Crippen LogP contribution in [0.4, 0.5) is 14.9 Å². The molecular formula is C28H32ClFN4O7. The van der Waals surface area contributed by atoms with Gasteiger partial charge >= 0.3 is 12.0 Å². The molecule has 0 radical (unpaired) electrons. The van der Waals surface area contributed by atoms with Gasteiger partial charge in [0.25, 0.3) is 5.69 Å². The van der Waals surface area contributed by atoms with Gasteiger partial charge < -0.3 is 15.4 Å². The molecule has 13 heteroatoms. The summed E-state index contributed by atoms with van der Waals surface area (Å²) in [7, 11) is 0. The van der Waals surface area contributed by atoms with E-state index in [9.17, 15) is 33.7 Å². The smallest absolute Gasteiger partial charge is 0.345 e. The van der Waals surface area contributed by atoms with Crippen molar-refractivity contribution in [2.45, 2.75) is 58.6 Å². The zero-order valence-electron chi connectivity index (χ0n) is 23.2. The van der Waals surface area contributed by atoms with E-state index >= 15 is 0 Å². The predicted octanol–water partition coefficient (Wildman–Crippen LogP) is 4.71. The Balaban J connectivity index is 1.87. The molecule has 0 aromatic heterocycles. The van der Waals surface area contributed by atoms with Crippen LogP contribution in [-0.4, -0.2) is 52.3 Å². The Morgan fingerprint density at radius 1 is 1.24 bits per heavy atom. The number of hydrogen-bond acceptors (Lipinski definition) is 7. The third-order valence-electron chi connectivity index (χ3n) is 6.30. The van der Waals surface area contributed by atoms with E-state index in [0.29, 0.717) is 18.4 Å². The Hall–Kier alpha value is -4.06. The van der Waals surface area contributed by atoms with Crippen LogP contribution in [0.3, 0.4) is 0 Å². The first-order valence-electron chi connectivity index (χ1n) is 13.0. The highest BCUT2D eigenvalue weighted by molar-refractivity contribution is 6.30. The third-order valence-corrected chi connectivity index (χ3v) is 6.53. The summed E-state index contributed by atoms with van der Waals surface area (Å²) in [6, 6.07) is 6.15. The second kappa shape index (κ2) is 13.1. The van der Waals surface area contributed by atoms with Gasteiger partial charge in [-0.15, -0.1) is 0 Å². The first kappa shape index (κ1) is 31.5. The molecule has 11 nitrogen and oxygen atoms in total. The zero-order valence-corrected chi connectivity index (χ0v) is 23.9. The Morgan fingerprint density at radius 3 is 2.59 bits per heavy atom. The molecule has 220 valence electrons. The fourth-order valence-corrected chi connectivity index (χ4v) is 4.57. The molecule has 0 unspecified atom stereocenters. The van der Waals surface area contributed by atoms with Crippen molar-refractivity contribution < 1.29 is 33.2 Å². The van der Waals surface area contributed by atoms with Crippen molar-refractivity contribution in [2.75, 3.05) is 13.1 Å². The molecular weight excluding hydrogens is 559 g/mol. The lowest BCUT2D eigenvalue weighted by atomic mass is 9.97. The standard InChI is InChI=1S/C28H32ClFN4O7/c1-5-6-22(16-7-9-20(23(13-16)34(39)40)26(37)41-28(2,3)4)32-27(38)33-15-24(35)31-14-18(25(33)36)11-17-12-19(29)8-10-21(17)30/h7-10,12-13,18,22H,5-6,11,14-15H2,1-4H3,(H,31,35)(H,32,38)/t18-,22-/m1/s1. The normalized spacial score (nSPS) is 16.4. The molecule has 0 aliphatic carbocycles. The number of benzene rings is 2. The number of amides is 4. The van der Waals surface area contributed by atoms with Gasteiger partial charge in [-0.05, 0) is 69.0 Å². The van der Waals surface area contributed by atoms with Gasteiger partial charge in [-0.2, -0.15) is 0 Å². The summed E-state index contributed by atoms with van der Waals surface area (Å²) >= 11 is 5.97. The number of rotatable bonds is 8. The lowest BCUT2D eigenvalue weighted by Gasteiger charge is -2.26. The fourth-order valence-electron chi connectivity index (χ4n) is 4.38. The molecule has 41 heavy (non-hydrogen) atoms. The molecule has 2 aromatic rings. The topological polar surface area (TPSA) is 148 Å². The second-order valence-electron chi connectivity index (χ2n) is 10.7. The van der Waals surface area contributed by atoms with Crippen LogP contribution in [0, 0.1) is 21.8 Å². The summed E-state index contributed by atoms with van der Waals surface area (Å²) in [6.45, 7) is 6.08. The van der Waals surface area contributed by atoms with Crippen molar-refractivity contribution in [2.24, 2.45) is 5.92 Å². The van der Waals surface area contributed by atoms with Crippen LogP contribution in [0.5, 0.6) is 0 Å². The summed E-state index contributed by atoms with van der Waals surface area (Å²) in [5, 5.41) is 17.4. The maximum Gasteiger partial charge on any atom is 0.345 e. The number of nitrogens with zero attached hydrogens (tertiary/aromatic N) is 2. The molecule has 3 rings (SSSR count). The van der Waals surface area contributed by atoms with Crippen LogP contribution in [0.25, 0.3) is 0 Å². The number of esters is 1. The number of carbonyl (C=O) groups is 4. The van der Waals surface area contributed by atoms with Gasteiger partial charge in [0, 0.05) is 17.6 Å². The summed E-state index contributed by atoms with van der Waals surface area (Å²) in [5.74, 6) is -3.66. The Bertz CT molecular complexity index is 1360. The quantitative estimate of drug-likeness (QED) is 0.257. The van der Waals surface area contributed by atoms with Crippen LogP contribution in [0.2, 0.25) is 5.02 Å². The highest BCUT2D eigenvalue weighted by Gasteiger charge is 2.35. The number of nitro groups is 1. The molecule has 0 bridgehead atoms. The molecule has 0 spiro atoms. The minimum absolute atomic E-state index is 0.105. The summed E-state index contributed by atoms with van der Waals surface area (Å²) in [6.07, 6.45) is 0.781. The number of carbonyl (C=O) groups excluding carboxylic acids is 4. The lowest BCUT2D eigenvalue weighted by molar-refractivity contribution is -0.385. The first-order valence-corrected chi connectivity index (χ1v) is 13.4. The van der Waals surface area contributed by atoms with Crippen molar-refractivity contribution >= 4 is 41.1 Å². The molecule has 0 saturated carbocycles. The van der Waals surface area contributed by atoms with E-state index in [2.05, 4.69) is 10.6 Å². The maximum absolute atomic E-state index is 14.4. The molecule has 2 atom stereocenters. The third kappa shape index (κ3) is 8.23. The highest BCUT2D eigenvalue weighted by atomic mass is 35.5. The van der Waals surface area contributed by atoms with Gasteiger partial charge in [0.2, 0.25) is 11.8 Å². The maximum atomic E-state index is 14.4. The number of ether oxygens (including phenoxy) is 1. The van der Waals surface area contributed by atoms with E-state index in [1.165, 1.54) is 36.4 Å². The van der Waals surface area contributed by atoms with E-state index in [1.54, 1.807) is 20.8 Å². The average Bonchev–Trinajstić information content (AvgIpc) is 3.02. The van der Waals surface area contributed by atoms with Crippen LogP contribution < -0.4 is 10.6 Å². The number of hydrogen-bond donors (Lipinski definition) is 2. The molecule has 1 aliphatic heterocycles. The SMILES string of the molecule is CCC[C@@H](NC(=O)N1CC(=O)NC[C@@H](Cc2cc(Cl)ccc2F)C1=O)c1ccc(C(=O)OC(C)(C)C)c([N+](=O)[O-])c1. The van der Waals surface area contributed by atoms with Crippen molar-refractivity contribution in [1.29, 1.82) is 0 Å². The number of nitro benzene ring substituents is 1. The van der Waals surface area contributed by atoms with Crippen LogP contribution >= 0.6 is 11.6 Å². The largest absolute Gasteiger partial charge is 0.456 e. The van der Waals surface area contributed by atoms with Crippen LogP contribution in [0.15, 0.2) is 36.4 Å². The van der Waals surface area contributed by atoms with Crippen molar-refractivity contribution in [1.82, 2.24) is 15.5 Å². The van der Waals surface area contributed by atoms with Gasteiger partial charge in [-0.25, -0.2) is 14.0 Å². The lowest BCUT2D eigenvalue weighted by Crippen LogP contribution is -2.48. The average molecular weight is 591 g/mol. The number of nitrogens with one attached hydrogen (secondary N) is 2. The van der Waals surface area contributed by atoms with Gasteiger partial charge in [0.05, 0.1) is 16.9 Å². The zero-order chi connectivity index (χ0) is 30.5. The van der Waals surface area contributed by atoms with Gasteiger partial charge in [0.1, 0.15) is 23.5 Å². The van der Waals surface area contributed by atoms with Gasteiger partial charge in [0.15, 0.2) is 0 Å².